The third-order valence-corrected chi connectivity index (χ3v) is 6.03. The molecule has 0 aliphatic heterocycles. The van der Waals surface area contributed by atoms with Gasteiger partial charge in [0.05, 0.1) is 11.6 Å². The van der Waals surface area contributed by atoms with Gasteiger partial charge in [-0.05, 0) is 49.6 Å². The van der Waals surface area contributed by atoms with Crippen LogP contribution in [-0.2, 0) is 10.5 Å². The molecule has 2 atom stereocenters. The number of aliphatic carboxylic acids is 1. The molecule has 31 heavy (non-hydrogen) atoms. The van der Waals surface area contributed by atoms with Crippen LogP contribution < -0.4 is 10.1 Å². The number of carboxylic acid groups (broad SMARTS) is 1. The van der Waals surface area contributed by atoms with Crippen molar-refractivity contribution < 1.29 is 23.4 Å². The van der Waals surface area contributed by atoms with Crippen molar-refractivity contribution in [3.8, 4) is 17.6 Å². The fourth-order valence-electron chi connectivity index (χ4n) is 2.52. The second kappa shape index (κ2) is 12.5. The molecule has 5 nitrogen and oxygen atoms in total. The maximum absolute atomic E-state index is 14.7. The molecule has 0 saturated heterocycles. The highest BCUT2D eigenvalue weighted by atomic mass is 32.2. The highest BCUT2D eigenvalue weighted by molar-refractivity contribution is 7.98. The number of hydrogen-bond donors (Lipinski definition) is 2. The zero-order valence-electron chi connectivity index (χ0n) is 17.2. The van der Waals surface area contributed by atoms with Gasteiger partial charge in [-0.25, -0.2) is 0 Å². The van der Waals surface area contributed by atoms with Crippen LogP contribution in [0, 0.1) is 17.8 Å². The number of nitrogens with zero attached hydrogens (tertiary/aromatic N) is 1. The van der Waals surface area contributed by atoms with Gasteiger partial charge in [0.2, 0.25) is 0 Å². The second-order valence-corrected chi connectivity index (χ2v) is 8.36. The smallest absolute Gasteiger partial charge is 0.425 e. The Labute approximate surface area is 189 Å². The lowest BCUT2D eigenvalue weighted by Crippen LogP contribution is -2.50. The predicted molar refractivity (Wildman–Crippen MR) is 121 cm³/mol. The molecule has 0 amide bonds. The summed E-state index contributed by atoms with van der Waals surface area (Å²) in [5.41, 5.74) is 0.826. The quantitative estimate of drug-likeness (QED) is 0.355. The first-order chi connectivity index (χ1) is 14.9. The predicted octanol–water partition coefficient (Wildman–Crippen LogP) is 4.39. The molecule has 2 aromatic rings. The van der Waals surface area contributed by atoms with E-state index in [2.05, 4.69) is 22.1 Å². The molecular weight excluding hydrogens is 442 g/mol. The minimum absolute atomic E-state index is 0.00760. The second-order valence-electron chi connectivity index (χ2n) is 6.45. The average Bonchev–Trinajstić information content (AvgIpc) is 2.76. The van der Waals surface area contributed by atoms with E-state index in [1.165, 1.54) is 42.6 Å². The van der Waals surface area contributed by atoms with Gasteiger partial charge < -0.3 is 9.84 Å². The number of carboxylic acids is 1. The summed E-state index contributed by atoms with van der Waals surface area (Å²) < 4.78 is 34.3. The third kappa shape index (κ3) is 8.40. The number of rotatable bonds is 12. The Balaban J connectivity index is 1.96. The van der Waals surface area contributed by atoms with E-state index in [9.17, 15) is 18.7 Å². The van der Waals surface area contributed by atoms with Crippen LogP contribution in [0.3, 0.4) is 0 Å². The molecule has 2 unspecified atom stereocenters. The summed E-state index contributed by atoms with van der Waals surface area (Å²) >= 11 is 2.87. The number of benzene rings is 1. The van der Waals surface area contributed by atoms with Gasteiger partial charge in [-0.2, -0.15) is 20.5 Å². The van der Waals surface area contributed by atoms with Crippen molar-refractivity contribution in [2.45, 2.75) is 29.7 Å². The first-order valence-electron chi connectivity index (χ1n) is 9.42. The van der Waals surface area contributed by atoms with Gasteiger partial charge in [-0.15, -0.1) is 17.7 Å². The maximum atomic E-state index is 14.7. The van der Waals surface area contributed by atoms with Crippen LogP contribution in [0.2, 0.25) is 0 Å². The van der Waals surface area contributed by atoms with Gasteiger partial charge >= 0.3 is 12.1 Å². The summed E-state index contributed by atoms with van der Waals surface area (Å²) in [6.07, 6.45) is -0.0975. The van der Waals surface area contributed by atoms with E-state index in [0.717, 1.165) is 10.6 Å². The molecule has 0 saturated carbocycles. The number of carbonyl (C=O) groups is 1. The van der Waals surface area contributed by atoms with Gasteiger partial charge in [-0.3, -0.25) is 15.1 Å². The highest BCUT2D eigenvalue weighted by Gasteiger charge is 2.42. The minimum atomic E-state index is -3.64. The number of pyridine rings is 1. The van der Waals surface area contributed by atoms with Crippen molar-refractivity contribution >= 4 is 29.5 Å². The normalized spacial score (nSPS) is 13.0. The van der Waals surface area contributed by atoms with E-state index < -0.39 is 24.0 Å². The van der Waals surface area contributed by atoms with E-state index >= 15 is 0 Å². The van der Waals surface area contributed by atoms with Crippen molar-refractivity contribution in [3.63, 3.8) is 0 Å². The molecule has 0 radical (unpaired) electrons. The minimum Gasteiger partial charge on any atom is -0.481 e. The Bertz CT molecular complexity index is 887. The molecule has 2 N–H and O–H groups in total. The third-order valence-electron chi connectivity index (χ3n) is 4.15. The van der Waals surface area contributed by atoms with Gasteiger partial charge in [0.15, 0.2) is 6.04 Å². The molecule has 0 spiro atoms. The molecule has 166 valence electrons. The lowest BCUT2D eigenvalue weighted by Gasteiger charge is -2.25. The van der Waals surface area contributed by atoms with E-state index in [1.807, 2.05) is 18.4 Å². The first kappa shape index (κ1) is 25.0. The van der Waals surface area contributed by atoms with Gasteiger partial charge in [0.1, 0.15) is 5.75 Å². The van der Waals surface area contributed by atoms with Crippen molar-refractivity contribution in [2.24, 2.45) is 5.92 Å². The summed E-state index contributed by atoms with van der Waals surface area (Å²) in [5.74, 6) is 3.70. The fraction of sp³-hybridized carbons (Fsp3) is 0.364. The van der Waals surface area contributed by atoms with E-state index in [0.29, 0.717) is 5.75 Å². The summed E-state index contributed by atoms with van der Waals surface area (Å²) in [4.78, 5) is 16.7. The van der Waals surface area contributed by atoms with Gasteiger partial charge in [-0.1, -0.05) is 12.0 Å². The Morgan fingerprint density at radius 1 is 1.29 bits per heavy atom. The van der Waals surface area contributed by atoms with Gasteiger partial charge in [0, 0.05) is 29.1 Å². The van der Waals surface area contributed by atoms with Crippen LogP contribution in [0.25, 0.3) is 0 Å². The molecule has 0 aliphatic carbocycles. The summed E-state index contributed by atoms with van der Waals surface area (Å²) in [6.45, 7) is 1.27. The molecule has 9 heteroatoms. The van der Waals surface area contributed by atoms with Crippen molar-refractivity contribution in [1.29, 1.82) is 0 Å². The Morgan fingerprint density at radius 3 is 2.61 bits per heavy atom. The summed E-state index contributed by atoms with van der Waals surface area (Å²) in [6, 6.07) is 10.1. The molecule has 0 aliphatic rings. The number of aromatic nitrogens is 1. The maximum Gasteiger partial charge on any atom is 0.425 e. The number of ether oxygens (including phenoxy) is 1. The van der Waals surface area contributed by atoms with E-state index in [4.69, 9.17) is 4.74 Å². The van der Waals surface area contributed by atoms with Crippen molar-refractivity contribution in [3.05, 3.63) is 54.4 Å². The molecular formula is C22H24F2N2O3S2. The first-order valence-corrected chi connectivity index (χ1v) is 11.8. The fourth-order valence-corrected chi connectivity index (χ4v) is 3.98. The molecule has 1 aromatic heterocycles. The lowest BCUT2D eigenvalue weighted by atomic mass is 10.1. The number of alkyl halides is 2. The topological polar surface area (TPSA) is 71.5 Å². The largest absolute Gasteiger partial charge is 0.481 e. The van der Waals surface area contributed by atoms with Crippen LogP contribution in [-0.4, -0.2) is 46.8 Å². The molecule has 0 bridgehead atoms. The van der Waals surface area contributed by atoms with Crippen LogP contribution in [0.1, 0.15) is 12.6 Å². The highest BCUT2D eigenvalue weighted by Crippen LogP contribution is 2.27. The van der Waals surface area contributed by atoms with Crippen LogP contribution in [0.5, 0.6) is 5.75 Å². The average molecular weight is 467 g/mol. The number of nitrogens with one attached hydrogen (secondary N) is 1. The molecule has 1 aromatic carbocycles. The van der Waals surface area contributed by atoms with E-state index in [-0.39, 0.29) is 18.0 Å². The van der Waals surface area contributed by atoms with Crippen molar-refractivity contribution in [1.82, 2.24) is 10.3 Å². The van der Waals surface area contributed by atoms with Crippen LogP contribution in [0.15, 0.2) is 53.6 Å². The number of halogens is 2. The number of hydrogen-bond acceptors (Lipinski definition) is 6. The lowest BCUT2D eigenvalue weighted by molar-refractivity contribution is -0.187. The van der Waals surface area contributed by atoms with Crippen LogP contribution in [0.4, 0.5) is 8.78 Å². The van der Waals surface area contributed by atoms with Crippen LogP contribution >= 0.6 is 23.5 Å². The Morgan fingerprint density at radius 2 is 2.03 bits per heavy atom. The monoisotopic (exact) mass is 466 g/mol. The standard InChI is InChI=1S/C22H24F2N2O3S2/c1-3-6-20(22(23,24)29-18-8-10-19(30-2)11-9-18)26-13-16(21(27)28)14-31-15-17-7-4-5-12-25-17/h4-5,7-12,16,20,26H,13-15H2,1-2H3,(H,27,28). The molecule has 0 fully saturated rings. The molecule has 1 heterocycles. The summed E-state index contributed by atoms with van der Waals surface area (Å²) in [5, 5.41) is 12.0. The zero-order valence-corrected chi connectivity index (χ0v) is 18.8. The Kier molecular flexibility index (Phi) is 10.1. The Hall–Kier alpha value is -2.28. The number of thioether (sulfide) groups is 2. The van der Waals surface area contributed by atoms with E-state index in [1.54, 1.807) is 24.4 Å². The van der Waals surface area contributed by atoms with Gasteiger partial charge in [0.25, 0.3) is 0 Å². The zero-order chi connectivity index (χ0) is 22.7. The SMILES string of the molecule is CC#CC(NCC(CSCc1ccccn1)C(=O)O)C(F)(F)Oc1ccc(SC)cc1. The molecule has 2 rings (SSSR count). The summed E-state index contributed by atoms with van der Waals surface area (Å²) in [7, 11) is 0. The van der Waals surface area contributed by atoms with Crippen molar-refractivity contribution in [2.75, 3.05) is 18.6 Å².